The summed E-state index contributed by atoms with van der Waals surface area (Å²) < 4.78 is 39.8. The molecule has 0 aromatic rings. The molecule has 0 saturated carbocycles. The van der Waals surface area contributed by atoms with E-state index in [4.69, 9.17) is 13.7 Å². The molecule has 0 fully saturated rings. The molecule has 0 bridgehead atoms. The van der Waals surface area contributed by atoms with Gasteiger partial charge in [0, 0.05) is 0 Å². The lowest BCUT2D eigenvalue weighted by molar-refractivity contribution is -0.175. The van der Waals surface area contributed by atoms with Gasteiger partial charge in [-0.3, -0.25) is 8.98 Å². The maximum atomic E-state index is 13.0. The van der Waals surface area contributed by atoms with E-state index in [-0.39, 0.29) is 22.5 Å². The number of ether oxygens (including phenoxy) is 2. The number of hydrogen-bond acceptors (Lipinski definition) is 7. The summed E-state index contributed by atoms with van der Waals surface area (Å²) in [4.78, 5) is 25.3. The van der Waals surface area contributed by atoms with Crippen molar-refractivity contribution in [2.75, 3.05) is 12.4 Å². The third-order valence-corrected chi connectivity index (χ3v) is 7.13. The van der Waals surface area contributed by atoms with Gasteiger partial charge >= 0.3 is 11.9 Å². The molecule has 0 amide bonds. The molecule has 0 rings (SSSR count). The predicted octanol–water partition coefficient (Wildman–Crippen LogP) is 4.73. The summed E-state index contributed by atoms with van der Waals surface area (Å²) in [6.45, 7) is 20.2. The van der Waals surface area contributed by atoms with Gasteiger partial charge in [0.05, 0.1) is 11.2 Å². The molecule has 4 unspecified atom stereocenters. The van der Waals surface area contributed by atoms with Crippen LogP contribution in [0.5, 0.6) is 0 Å². The second-order valence-electron chi connectivity index (χ2n) is 10.9. The number of esters is 2. The van der Waals surface area contributed by atoms with Crippen LogP contribution >= 0.6 is 0 Å². The first kappa shape index (κ1) is 29.9. The Morgan fingerprint density at radius 3 is 1.84 bits per heavy atom. The normalized spacial score (nSPS) is 17.9. The van der Waals surface area contributed by atoms with Gasteiger partial charge in [-0.25, -0.2) is 4.79 Å². The molecule has 31 heavy (non-hydrogen) atoms. The fraction of sp³-hybridized carbons (Fsp3) is 0.913. The van der Waals surface area contributed by atoms with E-state index in [0.29, 0.717) is 12.8 Å². The van der Waals surface area contributed by atoms with E-state index in [2.05, 4.69) is 20.8 Å². The summed E-state index contributed by atoms with van der Waals surface area (Å²) >= 11 is 0. The molecule has 0 aromatic heterocycles. The van der Waals surface area contributed by atoms with Gasteiger partial charge in [-0.2, -0.15) is 8.42 Å². The van der Waals surface area contributed by atoms with Crippen LogP contribution in [0.3, 0.4) is 0 Å². The van der Waals surface area contributed by atoms with Crippen molar-refractivity contribution in [1.82, 2.24) is 0 Å². The summed E-state index contributed by atoms with van der Waals surface area (Å²) in [6, 6.07) is 0. The molecular weight excluding hydrogens is 420 g/mol. The lowest BCUT2D eigenvalue weighted by Gasteiger charge is -2.43. The fourth-order valence-electron chi connectivity index (χ4n) is 3.40. The molecule has 184 valence electrons. The van der Waals surface area contributed by atoms with Gasteiger partial charge in [-0.05, 0) is 43.9 Å². The first-order valence-corrected chi connectivity index (χ1v) is 12.6. The lowest BCUT2D eigenvalue weighted by Crippen LogP contribution is -2.45. The maximum Gasteiger partial charge on any atom is 0.344 e. The zero-order chi connectivity index (χ0) is 24.8. The van der Waals surface area contributed by atoms with Crippen molar-refractivity contribution >= 4 is 22.1 Å². The molecule has 0 aliphatic carbocycles. The van der Waals surface area contributed by atoms with Crippen molar-refractivity contribution in [1.29, 1.82) is 0 Å². The zero-order valence-electron chi connectivity index (χ0n) is 21.3. The van der Waals surface area contributed by atoms with Crippen molar-refractivity contribution in [3.8, 4) is 0 Å². The van der Waals surface area contributed by atoms with Crippen LogP contribution in [0.4, 0.5) is 0 Å². The molecule has 7 nitrogen and oxygen atoms in total. The van der Waals surface area contributed by atoms with E-state index < -0.39 is 46.3 Å². The number of carbonyl (C=O) groups is 2. The highest BCUT2D eigenvalue weighted by Crippen LogP contribution is 2.47. The van der Waals surface area contributed by atoms with Gasteiger partial charge in [0.25, 0.3) is 10.1 Å². The zero-order valence-corrected chi connectivity index (χ0v) is 22.1. The van der Waals surface area contributed by atoms with Crippen LogP contribution in [0.2, 0.25) is 0 Å². The van der Waals surface area contributed by atoms with Crippen molar-refractivity contribution in [3.63, 3.8) is 0 Å². The quantitative estimate of drug-likeness (QED) is 0.322. The topological polar surface area (TPSA) is 96.0 Å². The molecule has 4 atom stereocenters. The molecule has 0 aliphatic heterocycles. The Kier molecular flexibility index (Phi) is 10.7. The Labute approximate surface area is 189 Å². The van der Waals surface area contributed by atoms with Gasteiger partial charge in [-0.1, -0.05) is 61.8 Å². The van der Waals surface area contributed by atoms with Crippen LogP contribution in [-0.2, 0) is 33.4 Å². The second-order valence-corrected chi connectivity index (χ2v) is 12.8. The first-order chi connectivity index (χ1) is 13.8. The summed E-state index contributed by atoms with van der Waals surface area (Å²) in [5.41, 5.74) is -1.28. The van der Waals surface area contributed by atoms with Gasteiger partial charge in [-0.15, -0.1) is 0 Å². The summed E-state index contributed by atoms with van der Waals surface area (Å²) in [7, 11) is -3.71. The minimum Gasteiger partial charge on any atom is -0.457 e. The van der Waals surface area contributed by atoms with Crippen molar-refractivity contribution in [2.24, 2.45) is 22.2 Å². The van der Waals surface area contributed by atoms with Crippen LogP contribution < -0.4 is 0 Å². The molecule has 0 aliphatic rings. The summed E-state index contributed by atoms with van der Waals surface area (Å²) in [5.74, 6) is -1.51. The first-order valence-electron chi connectivity index (χ1n) is 11.1. The SMILES string of the molecule is CCC(C)C(OS(=O)(=O)CC)C(C)OC(=O)COC(=O)C(C)(CC(C)(C)C)C(C)(C)C. The van der Waals surface area contributed by atoms with E-state index in [0.717, 1.165) is 0 Å². The molecule has 8 heteroatoms. The third-order valence-electron chi connectivity index (χ3n) is 5.91. The third kappa shape index (κ3) is 9.48. The minimum atomic E-state index is -3.71. The van der Waals surface area contributed by atoms with E-state index in [1.165, 1.54) is 6.92 Å². The highest BCUT2D eigenvalue weighted by molar-refractivity contribution is 7.86. The molecular formula is C23H44O7S. The van der Waals surface area contributed by atoms with E-state index in [9.17, 15) is 18.0 Å². The smallest absolute Gasteiger partial charge is 0.344 e. The maximum absolute atomic E-state index is 13.0. The van der Waals surface area contributed by atoms with Crippen LogP contribution in [0, 0.1) is 22.2 Å². The number of hydrogen-bond donors (Lipinski definition) is 0. The lowest BCUT2D eigenvalue weighted by atomic mass is 9.61. The van der Waals surface area contributed by atoms with Crippen LogP contribution in [0.15, 0.2) is 0 Å². The average molecular weight is 465 g/mol. The highest BCUT2D eigenvalue weighted by atomic mass is 32.2. The Hall–Kier alpha value is -1.15. The number of carbonyl (C=O) groups excluding carboxylic acids is 2. The monoisotopic (exact) mass is 464 g/mol. The van der Waals surface area contributed by atoms with Gasteiger partial charge < -0.3 is 9.47 Å². The Morgan fingerprint density at radius 2 is 1.45 bits per heavy atom. The Bertz CT molecular complexity index is 700. The molecule has 0 spiro atoms. The van der Waals surface area contributed by atoms with Crippen molar-refractivity contribution < 1.29 is 31.7 Å². The minimum absolute atomic E-state index is 0.109. The predicted molar refractivity (Wildman–Crippen MR) is 122 cm³/mol. The largest absolute Gasteiger partial charge is 0.457 e. The van der Waals surface area contributed by atoms with Gasteiger partial charge in [0.15, 0.2) is 6.61 Å². The summed E-state index contributed by atoms with van der Waals surface area (Å²) in [6.07, 6.45) is -0.384. The Balaban J connectivity index is 5.24. The van der Waals surface area contributed by atoms with Crippen LogP contribution in [0.25, 0.3) is 0 Å². The molecule has 0 heterocycles. The molecule has 0 radical (unpaired) electrons. The van der Waals surface area contributed by atoms with Gasteiger partial charge in [0.2, 0.25) is 0 Å². The van der Waals surface area contributed by atoms with Gasteiger partial charge in [0.1, 0.15) is 12.2 Å². The Morgan fingerprint density at radius 1 is 0.935 bits per heavy atom. The van der Waals surface area contributed by atoms with Crippen LogP contribution in [0.1, 0.15) is 89.0 Å². The standard InChI is InChI=1S/C23H44O7S/c1-12-16(3)19(30-31(26,27)13-2)17(4)29-18(24)14-28-20(25)23(11,22(8,9)10)15-21(5,6)7/h16-17,19H,12-15H2,1-11H3. The highest BCUT2D eigenvalue weighted by Gasteiger charge is 2.48. The van der Waals surface area contributed by atoms with Crippen LogP contribution in [-0.4, -0.2) is 44.9 Å². The van der Waals surface area contributed by atoms with E-state index in [1.54, 1.807) is 6.92 Å². The fourth-order valence-corrected chi connectivity index (χ4v) is 4.22. The van der Waals surface area contributed by atoms with Crippen molar-refractivity contribution in [2.45, 2.75) is 101 Å². The van der Waals surface area contributed by atoms with E-state index in [1.807, 2.05) is 41.5 Å². The summed E-state index contributed by atoms with van der Waals surface area (Å²) in [5, 5.41) is 0. The molecule has 0 aromatic carbocycles. The molecule has 0 N–H and O–H groups in total. The second kappa shape index (κ2) is 11.1. The number of rotatable bonds is 11. The van der Waals surface area contributed by atoms with E-state index >= 15 is 0 Å². The average Bonchev–Trinajstić information content (AvgIpc) is 2.60. The molecule has 0 saturated heterocycles. The van der Waals surface area contributed by atoms with Crippen molar-refractivity contribution in [3.05, 3.63) is 0 Å².